The SMILES string of the molecule is O=c1[nH]c(CCl)nc2c1oc1ccc(Cl)cc12. The summed E-state index contributed by atoms with van der Waals surface area (Å²) in [6, 6.07) is 5.12. The van der Waals surface area contributed by atoms with Crippen molar-refractivity contribution in [2.75, 3.05) is 0 Å². The number of hydrogen-bond acceptors (Lipinski definition) is 3. The molecule has 0 saturated carbocycles. The van der Waals surface area contributed by atoms with Crippen LogP contribution in [0.25, 0.3) is 22.1 Å². The molecule has 0 aliphatic heterocycles. The lowest BCUT2D eigenvalue weighted by Gasteiger charge is -1.94. The topological polar surface area (TPSA) is 58.9 Å². The summed E-state index contributed by atoms with van der Waals surface area (Å²) in [5, 5.41) is 1.28. The Kier molecular flexibility index (Phi) is 2.34. The molecule has 0 bridgehead atoms. The fraction of sp³-hybridized carbons (Fsp3) is 0.0909. The van der Waals surface area contributed by atoms with Crippen LogP contribution < -0.4 is 5.56 Å². The number of rotatable bonds is 1. The van der Waals surface area contributed by atoms with E-state index in [1.165, 1.54) is 0 Å². The van der Waals surface area contributed by atoms with Crippen molar-refractivity contribution in [1.29, 1.82) is 0 Å². The summed E-state index contributed by atoms with van der Waals surface area (Å²) in [7, 11) is 0. The van der Waals surface area contributed by atoms with Gasteiger partial charge in [0.1, 0.15) is 16.9 Å². The summed E-state index contributed by atoms with van der Waals surface area (Å²) in [6.45, 7) is 0. The second-order valence-corrected chi connectivity index (χ2v) is 4.27. The van der Waals surface area contributed by atoms with Gasteiger partial charge in [-0.25, -0.2) is 4.98 Å². The number of alkyl halides is 1. The van der Waals surface area contributed by atoms with Crippen LogP contribution in [0, 0.1) is 0 Å². The second kappa shape index (κ2) is 3.75. The molecule has 0 aliphatic rings. The van der Waals surface area contributed by atoms with E-state index in [9.17, 15) is 4.79 Å². The van der Waals surface area contributed by atoms with E-state index in [0.717, 1.165) is 0 Å². The summed E-state index contributed by atoms with van der Waals surface area (Å²) in [6.07, 6.45) is 0. The zero-order valence-corrected chi connectivity index (χ0v) is 9.97. The van der Waals surface area contributed by atoms with Crippen molar-refractivity contribution in [3.8, 4) is 0 Å². The van der Waals surface area contributed by atoms with Gasteiger partial charge in [0.2, 0.25) is 5.58 Å². The van der Waals surface area contributed by atoms with Crippen molar-refractivity contribution in [3.63, 3.8) is 0 Å². The van der Waals surface area contributed by atoms with Gasteiger partial charge in [-0.15, -0.1) is 11.6 Å². The predicted molar refractivity (Wildman–Crippen MR) is 66.7 cm³/mol. The first kappa shape index (κ1) is 10.6. The van der Waals surface area contributed by atoms with Gasteiger partial charge in [0.25, 0.3) is 5.56 Å². The third kappa shape index (κ3) is 1.61. The molecular weight excluding hydrogens is 263 g/mol. The maximum atomic E-state index is 11.7. The summed E-state index contributed by atoms with van der Waals surface area (Å²) in [4.78, 5) is 18.5. The third-order valence-electron chi connectivity index (χ3n) is 2.46. The molecule has 0 unspecified atom stereocenters. The number of aromatic amines is 1. The largest absolute Gasteiger partial charge is 0.449 e. The average molecular weight is 269 g/mol. The number of halogens is 2. The number of nitrogens with zero attached hydrogens (tertiary/aromatic N) is 1. The first-order valence-electron chi connectivity index (χ1n) is 4.86. The van der Waals surface area contributed by atoms with Crippen LogP contribution in [0.4, 0.5) is 0 Å². The van der Waals surface area contributed by atoms with Gasteiger partial charge in [-0.3, -0.25) is 4.79 Å². The van der Waals surface area contributed by atoms with Gasteiger partial charge in [-0.05, 0) is 18.2 Å². The molecule has 0 atom stereocenters. The molecule has 17 heavy (non-hydrogen) atoms. The van der Waals surface area contributed by atoms with Crippen LogP contribution in [0.5, 0.6) is 0 Å². The van der Waals surface area contributed by atoms with Crippen molar-refractivity contribution in [3.05, 3.63) is 39.4 Å². The minimum atomic E-state index is -0.335. The molecule has 0 aliphatic carbocycles. The van der Waals surface area contributed by atoms with E-state index in [4.69, 9.17) is 27.6 Å². The summed E-state index contributed by atoms with van der Waals surface area (Å²) < 4.78 is 5.43. The Morgan fingerprint density at radius 2 is 2.24 bits per heavy atom. The minimum absolute atomic E-state index is 0.137. The number of hydrogen-bond donors (Lipinski definition) is 1. The Bertz CT molecular complexity index is 776. The molecule has 4 nitrogen and oxygen atoms in total. The molecule has 0 spiro atoms. The molecule has 0 fully saturated rings. The minimum Gasteiger partial charge on any atom is -0.449 e. The fourth-order valence-electron chi connectivity index (χ4n) is 1.74. The number of H-pyrrole nitrogens is 1. The van der Waals surface area contributed by atoms with Gasteiger partial charge in [0.05, 0.1) is 5.88 Å². The Labute approximate surface area is 105 Å². The fourth-order valence-corrected chi connectivity index (χ4v) is 2.03. The molecule has 0 amide bonds. The zero-order valence-electron chi connectivity index (χ0n) is 8.46. The quantitative estimate of drug-likeness (QED) is 0.690. The molecule has 86 valence electrons. The first-order valence-corrected chi connectivity index (χ1v) is 5.77. The molecule has 3 aromatic rings. The summed E-state index contributed by atoms with van der Waals surface area (Å²) in [5.74, 6) is 0.546. The highest BCUT2D eigenvalue weighted by Gasteiger charge is 2.13. The van der Waals surface area contributed by atoms with Crippen molar-refractivity contribution in [2.24, 2.45) is 0 Å². The lowest BCUT2D eigenvalue weighted by Crippen LogP contribution is -2.09. The first-order chi connectivity index (χ1) is 8.19. The molecular formula is C11H6Cl2N2O2. The highest BCUT2D eigenvalue weighted by atomic mass is 35.5. The zero-order chi connectivity index (χ0) is 12.0. The number of benzene rings is 1. The Morgan fingerprint density at radius 1 is 1.41 bits per heavy atom. The van der Waals surface area contributed by atoms with Gasteiger partial charge < -0.3 is 9.40 Å². The van der Waals surface area contributed by atoms with E-state index in [1.54, 1.807) is 18.2 Å². The summed E-state index contributed by atoms with van der Waals surface area (Å²) >= 11 is 11.6. The highest BCUT2D eigenvalue weighted by Crippen LogP contribution is 2.27. The van der Waals surface area contributed by atoms with Crippen molar-refractivity contribution < 1.29 is 4.42 Å². The summed E-state index contributed by atoms with van der Waals surface area (Å²) in [5.41, 5.74) is 0.921. The van der Waals surface area contributed by atoms with Gasteiger partial charge in [0.15, 0.2) is 0 Å². The van der Waals surface area contributed by atoms with Crippen LogP contribution in [-0.4, -0.2) is 9.97 Å². The van der Waals surface area contributed by atoms with Crippen LogP contribution in [-0.2, 0) is 5.88 Å². The molecule has 6 heteroatoms. The van der Waals surface area contributed by atoms with Crippen LogP contribution >= 0.6 is 23.2 Å². The highest BCUT2D eigenvalue weighted by molar-refractivity contribution is 6.31. The molecule has 2 heterocycles. The maximum Gasteiger partial charge on any atom is 0.294 e. The molecule has 2 aromatic heterocycles. The van der Waals surface area contributed by atoms with E-state index < -0.39 is 0 Å². The smallest absolute Gasteiger partial charge is 0.294 e. The number of nitrogens with one attached hydrogen (secondary N) is 1. The van der Waals surface area contributed by atoms with E-state index >= 15 is 0 Å². The number of aromatic nitrogens is 2. The van der Waals surface area contributed by atoms with E-state index in [2.05, 4.69) is 9.97 Å². The normalized spacial score (nSPS) is 11.4. The predicted octanol–water partition coefficient (Wildman–Crippen LogP) is 3.06. The molecule has 3 rings (SSSR count). The standard InChI is InChI=1S/C11H6Cl2N2O2/c12-4-8-14-9-6-3-5(13)1-2-7(6)17-10(9)11(16)15-8/h1-3H,4H2,(H,14,15,16). The van der Waals surface area contributed by atoms with Gasteiger partial charge >= 0.3 is 0 Å². The van der Waals surface area contributed by atoms with Crippen LogP contribution in [0.15, 0.2) is 27.4 Å². The van der Waals surface area contributed by atoms with Crippen molar-refractivity contribution in [2.45, 2.75) is 5.88 Å². The van der Waals surface area contributed by atoms with E-state index in [1.807, 2.05) is 0 Å². The van der Waals surface area contributed by atoms with Gasteiger partial charge in [-0.2, -0.15) is 0 Å². The Balaban J connectivity index is 2.54. The van der Waals surface area contributed by atoms with E-state index in [0.29, 0.717) is 27.3 Å². The van der Waals surface area contributed by atoms with Crippen LogP contribution in [0.2, 0.25) is 5.02 Å². The molecule has 1 N–H and O–H groups in total. The van der Waals surface area contributed by atoms with Crippen molar-refractivity contribution >= 4 is 45.3 Å². The van der Waals surface area contributed by atoms with Gasteiger partial charge in [0, 0.05) is 10.4 Å². The number of furan rings is 1. The van der Waals surface area contributed by atoms with Crippen LogP contribution in [0.1, 0.15) is 5.82 Å². The third-order valence-corrected chi connectivity index (χ3v) is 2.95. The molecule has 0 radical (unpaired) electrons. The molecule has 0 saturated heterocycles. The van der Waals surface area contributed by atoms with Gasteiger partial charge in [-0.1, -0.05) is 11.6 Å². The second-order valence-electron chi connectivity index (χ2n) is 3.57. The Hall–Kier alpha value is -1.52. The Morgan fingerprint density at radius 3 is 3.00 bits per heavy atom. The maximum absolute atomic E-state index is 11.7. The lowest BCUT2D eigenvalue weighted by molar-refractivity contribution is 0.660. The number of fused-ring (bicyclic) bond motifs is 3. The monoisotopic (exact) mass is 268 g/mol. The lowest BCUT2D eigenvalue weighted by atomic mass is 10.2. The average Bonchev–Trinajstić information content (AvgIpc) is 2.68. The molecule has 1 aromatic carbocycles. The van der Waals surface area contributed by atoms with E-state index in [-0.39, 0.29) is 17.0 Å². The van der Waals surface area contributed by atoms with Crippen molar-refractivity contribution in [1.82, 2.24) is 9.97 Å². The van der Waals surface area contributed by atoms with Crippen LogP contribution in [0.3, 0.4) is 0 Å².